The van der Waals surface area contributed by atoms with Gasteiger partial charge in [0.15, 0.2) is 0 Å². The zero-order chi connectivity index (χ0) is 30.3. The summed E-state index contributed by atoms with van der Waals surface area (Å²) in [6, 6.07) is 20.7. The van der Waals surface area contributed by atoms with E-state index in [-0.39, 0.29) is 29.2 Å². The summed E-state index contributed by atoms with van der Waals surface area (Å²) in [7, 11) is -4.09. The zero-order valence-electron chi connectivity index (χ0n) is 25.2. The maximum absolute atomic E-state index is 14.0. The number of hydrogen-bond acceptors (Lipinski definition) is 4. The molecule has 0 unspecified atom stereocenters. The molecule has 0 aliphatic heterocycles. The van der Waals surface area contributed by atoms with Gasteiger partial charge >= 0.3 is 0 Å². The van der Waals surface area contributed by atoms with Crippen LogP contribution in [-0.4, -0.2) is 44.3 Å². The fraction of sp³-hybridized carbons (Fsp3) is 0.394. The summed E-state index contributed by atoms with van der Waals surface area (Å²) >= 11 is 0. The number of hydrogen-bond donors (Lipinski definition) is 1. The van der Waals surface area contributed by atoms with Gasteiger partial charge in [-0.25, -0.2) is 8.42 Å². The molecule has 0 saturated heterocycles. The van der Waals surface area contributed by atoms with Crippen molar-refractivity contribution in [1.82, 2.24) is 10.2 Å². The van der Waals surface area contributed by atoms with E-state index in [9.17, 15) is 18.0 Å². The van der Waals surface area contributed by atoms with E-state index >= 15 is 0 Å². The Bertz CT molecular complexity index is 1430. The molecule has 0 heterocycles. The highest BCUT2D eigenvalue weighted by molar-refractivity contribution is 7.92. The Morgan fingerprint density at radius 2 is 1.46 bits per heavy atom. The maximum Gasteiger partial charge on any atom is 0.264 e. The van der Waals surface area contributed by atoms with Gasteiger partial charge in [-0.05, 0) is 68.0 Å². The minimum Gasteiger partial charge on any atom is -0.354 e. The first-order valence-electron chi connectivity index (χ1n) is 14.1. The summed E-state index contributed by atoms with van der Waals surface area (Å²) in [5.41, 5.74) is 4.26. The molecule has 0 radical (unpaired) electrons. The average molecular weight is 578 g/mol. The lowest BCUT2D eigenvalue weighted by molar-refractivity contribution is -0.139. The first kappa shape index (κ1) is 31.9. The Hall–Kier alpha value is -3.65. The predicted octanol–water partition coefficient (Wildman–Crippen LogP) is 5.81. The molecule has 220 valence electrons. The standard InChI is InChI=1S/C33H43N3O4S/c1-23(2)20-34-33(38)27(7)35(21-28-10-8-9-26(6)19-28)32(37)22-36(30-15-13-29(14-16-30)24(3)4)41(39,40)31-17-11-25(5)12-18-31/h8-19,23-24,27H,20-22H2,1-7H3,(H,34,38)/t27-/m1/s1. The molecule has 3 aromatic carbocycles. The van der Waals surface area contributed by atoms with Crippen molar-refractivity contribution < 1.29 is 18.0 Å². The van der Waals surface area contributed by atoms with Gasteiger partial charge < -0.3 is 10.2 Å². The highest BCUT2D eigenvalue weighted by Gasteiger charge is 2.32. The number of nitrogens with one attached hydrogen (secondary N) is 1. The maximum atomic E-state index is 14.0. The monoisotopic (exact) mass is 577 g/mol. The normalized spacial score (nSPS) is 12.3. The third kappa shape index (κ3) is 8.43. The van der Waals surface area contributed by atoms with Gasteiger partial charge in [0, 0.05) is 13.1 Å². The van der Waals surface area contributed by atoms with Crippen LogP contribution >= 0.6 is 0 Å². The zero-order valence-corrected chi connectivity index (χ0v) is 26.0. The first-order chi connectivity index (χ1) is 19.3. The smallest absolute Gasteiger partial charge is 0.264 e. The van der Waals surface area contributed by atoms with E-state index in [2.05, 4.69) is 19.2 Å². The number of rotatable bonds is 12. The lowest BCUT2D eigenvalue weighted by atomic mass is 10.0. The third-order valence-corrected chi connectivity index (χ3v) is 8.81. The summed E-state index contributed by atoms with van der Waals surface area (Å²) < 4.78 is 29.1. The van der Waals surface area contributed by atoms with Crippen molar-refractivity contribution >= 4 is 27.5 Å². The van der Waals surface area contributed by atoms with E-state index in [0.29, 0.717) is 12.2 Å². The Kier molecular flexibility index (Phi) is 10.7. The van der Waals surface area contributed by atoms with Gasteiger partial charge in [-0.3, -0.25) is 13.9 Å². The number of sulfonamides is 1. The fourth-order valence-electron chi connectivity index (χ4n) is 4.43. The van der Waals surface area contributed by atoms with Gasteiger partial charge in [-0.1, -0.05) is 87.4 Å². The van der Waals surface area contributed by atoms with Gasteiger partial charge in [0.05, 0.1) is 10.6 Å². The quantitative estimate of drug-likeness (QED) is 0.294. The highest BCUT2D eigenvalue weighted by atomic mass is 32.2. The SMILES string of the molecule is Cc1ccc(S(=O)(=O)N(CC(=O)N(Cc2cccc(C)c2)[C@H](C)C(=O)NCC(C)C)c2ccc(C(C)C)cc2)cc1. The molecule has 0 aliphatic rings. The largest absolute Gasteiger partial charge is 0.354 e. The van der Waals surface area contributed by atoms with Crippen LogP contribution in [0, 0.1) is 19.8 Å². The van der Waals surface area contributed by atoms with Crippen LogP contribution in [0.3, 0.4) is 0 Å². The van der Waals surface area contributed by atoms with E-state index in [0.717, 1.165) is 26.6 Å². The van der Waals surface area contributed by atoms with Gasteiger partial charge in [0.2, 0.25) is 11.8 Å². The van der Waals surface area contributed by atoms with Crippen molar-refractivity contribution in [2.45, 2.75) is 71.9 Å². The second-order valence-corrected chi connectivity index (χ2v) is 13.3. The molecule has 7 nitrogen and oxygen atoms in total. The van der Waals surface area contributed by atoms with E-state index in [1.54, 1.807) is 43.3 Å². The topological polar surface area (TPSA) is 86.8 Å². The summed E-state index contributed by atoms with van der Waals surface area (Å²) in [5, 5.41) is 2.91. The average Bonchev–Trinajstić information content (AvgIpc) is 2.93. The second kappa shape index (κ2) is 13.8. The molecular formula is C33H43N3O4S. The summed E-state index contributed by atoms with van der Waals surface area (Å²) in [5.74, 6) is -0.241. The van der Waals surface area contributed by atoms with Crippen molar-refractivity contribution in [2.75, 3.05) is 17.4 Å². The Morgan fingerprint density at radius 1 is 0.829 bits per heavy atom. The highest BCUT2D eigenvalue weighted by Crippen LogP contribution is 2.27. The molecule has 1 N–H and O–H groups in total. The molecule has 0 saturated carbocycles. The molecular weight excluding hydrogens is 534 g/mol. The van der Waals surface area contributed by atoms with Crippen LogP contribution in [-0.2, 0) is 26.2 Å². The Labute approximate surface area is 245 Å². The van der Waals surface area contributed by atoms with Gasteiger partial charge in [0.1, 0.15) is 12.6 Å². The Balaban J connectivity index is 2.03. The van der Waals surface area contributed by atoms with E-state index in [1.807, 2.05) is 64.1 Å². The van der Waals surface area contributed by atoms with Crippen molar-refractivity contribution in [3.8, 4) is 0 Å². The number of carbonyl (C=O) groups is 2. The van der Waals surface area contributed by atoms with Crippen molar-refractivity contribution in [2.24, 2.45) is 5.92 Å². The van der Waals surface area contributed by atoms with Gasteiger partial charge in [-0.2, -0.15) is 0 Å². The molecule has 2 amide bonds. The second-order valence-electron chi connectivity index (χ2n) is 11.4. The third-order valence-electron chi connectivity index (χ3n) is 7.02. The van der Waals surface area contributed by atoms with Crippen LogP contribution in [0.2, 0.25) is 0 Å². The van der Waals surface area contributed by atoms with E-state index in [4.69, 9.17) is 0 Å². The van der Waals surface area contributed by atoms with Crippen molar-refractivity contribution in [3.63, 3.8) is 0 Å². The summed E-state index contributed by atoms with van der Waals surface area (Å²) in [6.07, 6.45) is 0. The lowest BCUT2D eigenvalue weighted by Gasteiger charge is -2.32. The first-order valence-corrected chi connectivity index (χ1v) is 15.6. The predicted molar refractivity (Wildman–Crippen MR) is 165 cm³/mol. The van der Waals surface area contributed by atoms with E-state index < -0.39 is 28.5 Å². The fourth-order valence-corrected chi connectivity index (χ4v) is 5.85. The molecule has 0 spiro atoms. The van der Waals surface area contributed by atoms with Crippen LogP contribution in [0.25, 0.3) is 0 Å². The summed E-state index contributed by atoms with van der Waals surface area (Å²) in [4.78, 5) is 28.7. The molecule has 3 rings (SSSR count). The summed E-state index contributed by atoms with van der Waals surface area (Å²) in [6.45, 7) is 13.8. The molecule has 0 bridgehead atoms. The number of nitrogens with zero attached hydrogens (tertiary/aromatic N) is 2. The lowest BCUT2D eigenvalue weighted by Crippen LogP contribution is -2.51. The number of carbonyl (C=O) groups excluding carboxylic acids is 2. The van der Waals surface area contributed by atoms with Gasteiger partial charge in [0.25, 0.3) is 10.0 Å². The van der Waals surface area contributed by atoms with Crippen LogP contribution in [0.4, 0.5) is 5.69 Å². The van der Waals surface area contributed by atoms with E-state index in [1.165, 1.54) is 4.90 Å². The van der Waals surface area contributed by atoms with Crippen molar-refractivity contribution in [3.05, 3.63) is 95.1 Å². The molecule has 3 aromatic rings. The van der Waals surface area contributed by atoms with Crippen LogP contribution < -0.4 is 9.62 Å². The van der Waals surface area contributed by atoms with Gasteiger partial charge in [-0.15, -0.1) is 0 Å². The molecule has 41 heavy (non-hydrogen) atoms. The number of anilines is 1. The minimum absolute atomic E-state index is 0.0943. The molecule has 0 aromatic heterocycles. The number of amides is 2. The molecule has 1 atom stereocenters. The van der Waals surface area contributed by atoms with Crippen LogP contribution in [0.5, 0.6) is 0 Å². The van der Waals surface area contributed by atoms with Crippen molar-refractivity contribution in [1.29, 1.82) is 0 Å². The number of aryl methyl sites for hydroxylation is 2. The number of benzene rings is 3. The molecule has 0 aliphatic carbocycles. The molecule has 8 heteroatoms. The minimum atomic E-state index is -4.09. The molecule has 0 fully saturated rings. The Morgan fingerprint density at radius 3 is 2.02 bits per heavy atom. The van der Waals surface area contributed by atoms with Crippen LogP contribution in [0.15, 0.2) is 77.7 Å². The van der Waals surface area contributed by atoms with Crippen LogP contribution in [0.1, 0.15) is 62.8 Å².